The minimum Gasteiger partial charge on any atom is -0.299 e. The first-order chi connectivity index (χ1) is 45.4. The van der Waals surface area contributed by atoms with Crippen LogP contribution in [0.1, 0.15) is 58.3 Å². The third-order valence-corrected chi connectivity index (χ3v) is 17.1. The van der Waals surface area contributed by atoms with E-state index in [1.807, 2.05) is 149 Å². The molecule has 0 bridgehead atoms. The molecule has 12 aromatic heterocycles. The maximum absolute atomic E-state index is 7.84. The maximum Gasteiger partial charge on any atom is 0.214 e. The van der Waals surface area contributed by atoms with Gasteiger partial charge in [0.05, 0.1) is 5.52 Å². The van der Waals surface area contributed by atoms with E-state index in [9.17, 15) is 0 Å². The Bertz CT molecular complexity index is 5690. The van der Waals surface area contributed by atoms with Crippen LogP contribution in [0.3, 0.4) is 0 Å². The minimum atomic E-state index is -2.13. The fraction of sp³-hybridized carbons (Fsp3) is 0.169. The average molecular weight is 1170 g/mol. The lowest BCUT2D eigenvalue weighted by atomic mass is 9.97. The van der Waals surface area contributed by atoms with Gasteiger partial charge in [0.15, 0.2) is 30.3 Å². The number of aromatic nitrogens is 12. The van der Waals surface area contributed by atoms with Crippen LogP contribution in [0.5, 0.6) is 0 Å². The van der Waals surface area contributed by atoms with E-state index in [0.29, 0.717) is 11.1 Å². The molecule has 12 heteroatoms. The Morgan fingerprint density at radius 2 is 0.685 bits per heavy atom. The molecule has 0 unspecified atom stereocenters. The number of pyridine rings is 8. The van der Waals surface area contributed by atoms with Gasteiger partial charge in [-0.25, -0.2) is 19.9 Å². The monoisotopic (exact) mass is 1170 g/mol. The Labute approximate surface area is 527 Å². The van der Waals surface area contributed by atoms with Crippen molar-refractivity contribution in [3.8, 4) is 45.0 Å². The molecule has 12 heterocycles. The van der Waals surface area contributed by atoms with E-state index in [4.69, 9.17) is 18.2 Å². The van der Waals surface area contributed by atoms with Crippen LogP contribution in [0.25, 0.3) is 112 Å². The summed E-state index contributed by atoms with van der Waals surface area (Å²) in [6.45, 7) is 10.2. The molecule has 12 nitrogen and oxygen atoms in total. The molecule has 0 aliphatic heterocycles. The van der Waals surface area contributed by atoms with E-state index < -0.39 is 13.7 Å². The predicted molar refractivity (Wildman–Crippen MR) is 360 cm³/mol. The molecule has 438 valence electrons. The standard InChI is InChI=1S/2C20H20N3.C19H18N3.C18H16N3/c2*1-13-9-14(2)15(3)16(10-13)18-11-17-19(12-22(18)4)23-8-6-5-7-20(23)21-17;1-13-7-8-15(14(2)10-13)17-11-16-18(12-21(17)3)22-9-5-4-6-19(22)20-16;1-13-7-3-4-8-14(13)16-11-17-15(12-20(16)2)19-18-9-5-6-10-21(17)18/h2*5-12H,1-4H3;4-12H,1-3H3;3-12H,1-2H3/q4*+1/i2D3;;1D3;. The van der Waals surface area contributed by atoms with Crippen LogP contribution in [-0.4, -0.2) is 37.5 Å². The van der Waals surface area contributed by atoms with Crippen molar-refractivity contribution in [2.75, 3.05) is 0 Å². The fourth-order valence-electron chi connectivity index (χ4n) is 12.3. The van der Waals surface area contributed by atoms with E-state index >= 15 is 0 Å². The van der Waals surface area contributed by atoms with Gasteiger partial charge in [-0.2, -0.15) is 18.3 Å². The van der Waals surface area contributed by atoms with Crippen molar-refractivity contribution in [3.05, 3.63) is 263 Å². The normalized spacial score (nSPS) is 12.7. The number of fused-ring (bicyclic) bond motifs is 12. The van der Waals surface area contributed by atoms with Crippen LogP contribution in [0.15, 0.2) is 213 Å². The van der Waals surface area contributed by atoms with Crippen molar-refractivity contribution in [2.24, 2.45) is 28.2 Å². The van der Waals surface area contributed by atoms with Gasteiger partial charge in [0.1, 0.15) is 83.9 Å². The van der Waals surface area contributed by atoms with Crippen LogP contribution < -0.4 is 18.3 Å². The zero-order chi connectivity index (χ0) is 66.9. The molecule has 16 aromatic rings. The lowest BCUT2D eigenvalue weighted by Gasteiger charge is -2.09. The Balaban J connectivity index is 0.000000115. The van der Waals surface area contributed by atoms with Crippen molar-refractivity contribution in [1.29, 1.82) is 0 Å². The summed E-state index contributed by atoms with van der Waals surface area (Å²) in [5, 5.41) is 0. The Morgan fingerprint density at radius 3 is 1.15 bits per heavy atom. The van der Waals surface area contributed by atoms with E-state index in [2.05, 4.69) is 169 Å². The number of nitrogens with zero attached hydrogens (tertiary/aromatic N) is 12. The second kappa shape index (κ2) is 23.2. The molecule has 0 atom stereocenters. The molecule has 0 saturated heterocycles. The number of benzene rings is 4. The lowest BCUT2D eigenvalue weighted by molar-refractivity contribution is -0.659. The van der Waals surface area contributed by atoms with E-state index in [-0.39, 0.29) is 0 Å². The summed E-state index contributed by atoms with van der Waals surface area (Å²) >= 11 is 0. The summed E-state index contributed by atoms with van der Waals surface area (Å²) in [6, 6.07) is 54.7. The van der Waals surface area contributed by atoms with Crippen LogP contribution in [0.2, 0.25) is 0 Å². The predicted octanol–water partition coefficient (Wildman–Crippen LogP) is 14.7. The molecular formula is C77H74N12+4. The topological polar surface area (TPSA) is 84.7 Å². The van der Waals surface area contributed by atoms with Crippen molar-refractivity contribution in [1.82, 2.24) is 37.5 Å². The fourth-order valence-corrected chi connectivity index (χ4v) is 12.3. The van der Waals surface area contributed by atoms with Gasteiger partial charge in [-0.3, -0.25) is 17.6 Å². The van der Waals surface area contributed by atoms with E-state index in [0.717, 1.165) is 106 Å². The summed E-state index contributed by atoms with van der Waals surface area (Å²) < 4.78 is 63.1. The zero-order valence-electron chi connectivity index (χ0n) is 58.1. The SMILES string of the molecule is Cc1cc(C)c(C)c(-c2cc3nc4ccccn4c3c[n+]2C)c1.Cc1ccccc1-c1cc2c(c[n+]1C)nc1ccccn12.[2H]C([2H])([2H])c1cc(C)cc(-c2cc3nc4ccccn4c3c[n+]2C)c1C.[2H]C([2H])([2H])c1ccc(-c2cc3nc4ccccn4c3c[n+]2C)c(C)c1. The number of rotatable bonds is 4. The van der Waals surface area contributed by atoms with Gasteiger partial charge in [0.25, 0.3) is 0 Å². The second-order valence-electron chi connectivity index (χ2n) is 23.4. The molecule has 0 saturated carbocycles. The first kappa shape index (κ1) is 50.4. The first-order valence-electron chi connectivity index (χ1n) is 32.8. The first-order valence-corrected chi connectivity index (χ1v) is 29.8. The maximum atomic E-state index is 7.84. The molecule has 0 aliphatic rings. The molecule has 89 heavy (non-hydrogen) atoms. The Hall–Kier alpha value is -10.7. The largest absolute Gasteiger partial charge is 0.299 e. The molecule has 0 spiro atoms. The summed E-state index contributed by atoms with van der Waals surface area (Å²) in [5.41, 5.74) is 29.4. The third-order valence-electron chi connectivity index (χ3n) is 17.1. The van der Waals surface area contributed by atoms with Crippen LogP contribution in [-0.2, 0) is 28.2 Å². The van der Waals surface area contributed by atoms with Crippen LogP contribution >= 0.6 is 0 Å². The number of hydrogen-bond donors (Lipinski definition) is 0. The number of imidazole rings is 4. The highest BCUT2D eigenvalue weighted by molar-refractivity contribution is 5.86. The van der Waals surface area contributed by atoms with E-state index in [1.165, 1.54) is 44.8 Å². The third kappa shape index (κ3) is 10.8. The zero-order valence-corrected chi connectivity index (χ0v) is 52.1. The van der Waals surface area contributed by atoms with Gasteiger partial charge >= 0.3 is 0 Å². The van der Waals surface area contributed by atoms with Gasteiger partial charge in [0.2, 0.25) is 22.8 Å². The molecule has 0 fully saturated rings. The van der Waals surface area contributed by atoms with Gasteiger partial charge in [-0.05, 0) is 168 Å². The Morgan fingerprint density at radius 1 is 0.303 bits per heavy atom. The van der Waals surface area contributed by atoms with Crippen LogP contribution in [0.4, 0.5) is 0 Å². The Kier molecular flexibility index (Phi) is 13.1. The number of hydrogen-bond acceptors (Lipinski definition) is 4. The van der Waals surface area contributed by atoms with Gasteiger partial charge in [-0.1, -0.05) is 83.4 Å². The van der Waals surface area contributed by atoms with Crippen LogP contribution in [0, 0.1) is 62.2 Å². The smallest absolute Gasteiger partial charge is 0.214 e. The molecule has 0 amide bonds. The summed E-state index contributed by atoms with van der Waals surface area (Å²) in [6.07, 6.45) is 16.5. The molecule has 0 radical (unpaired) electrons. The molecule has 4 aromatic carbocycles. The van der Waals surface area contributed by atoms with Crippen molar-refractivity contribution in [2.45, 2.75) is 62.2 Å². The van der Waals surface area contributed by atoms with Crippen molar-refractivity contribution < 1.29 is 26.5 Å². The lowest BCUT2D eigenvalue weighted by Crippen LogP contribution is -2.30. The minimum absolute atomic E-state index is 0.366. The summed E-state index contributed by atoms with van der Waals surface area (Å²) in [7, 11) is 8.15. The summed E-state index contributed by atoms with van der Waals surface area (Å²) in [4.78, 5) is 18.8. The highest BCUT2D eigenvalue weighted by atomic mass is 15.1. The molecule has 0 aliphatic carbocycles. The second-order valence-corrected chi connectivity index (χ2v) is 23.4. The quantitative estimate of drug-likeness (QED) is 0.164. The van der Waals surface area contributed by atoms with Gasteiger partial charge < -0.3 is 0 Å². The number of aryl methyl sites for hydroxylation is 11. The molecule has 0 N–H and O–H groups in total. The van der Waals surface area contributed by atoms with E-state index in [1.54, 1.807) is 18.2 Å². The van der Waals surface area contributed by atoms with Gasteiger partial charge in [-0.15, -0.1) is 0 Å². The highest BCUT2D eigenvalue weighted by Gasteiger charge is 2.22. The molecular weight excluding hydrogens is 1090 g/mol. The average Bonchev–Trinajstić information content (AvgIpc) is 1.76. The summed E-state index contributed by atoms with van der Waals surface area (Å²) in [5.74, 6) is 0. The molecule has 16 rings (SSSR count). The highest BCUT2D eigenvalue weighted by Crippen LogP contribution is 2.31. The van der Waals surface area contributed by atoms with Crippen molar-refractivity contribution in [3.63, 3.8) is 0 Å². The van der Waals surface area contributed by atoms with Crippen molar-refractivity contribution >= 4 is 66.7 Å². The van der Waals surface area contributed by atoms with Gasteiger partial charge in [0, 0.05) is 79.5 Å².